The first-order valence-electron chi connectivity index (χ1n) is 8.05. The number of benzene rings is 2. The van der Waals surface area contributed by atoms with Gasteiger partial charge in [-0.25, -0.2) is 9.97 Å². The molecule has 0 aliphatic rings. The number of hydrogen-bond donors (Lipinski definition) is 2. The summed E-state index contributed by atoms with van der Waals surface area (Å²) in [6, 6.07) is 9.62. The summed E-state index contributed by atoms with van der Waals surface area (Å²) >= 11 is 12.4. The molecule has 136 valence electrons. The molecule has 0 amide bonds. The second-order valence-corrected chi connectivity index (χ2v) is 6.99. The fraction of sp³-hybridized carbons (Fsp3) is 0.111. The van der Waals surface area contributed by atoms with E-state index in [1.54, 1.807) is 12.3 Å². The number of fused-ring (bicyclic) bond motifs is 2. The van der Waals surface area contributed by atoms with Crippen LogP contribution in [0.3, 0.4) is 0 Å². The van der Waals surface area contributed by atoms with Gasteiger partial charge in [0.1, 0.15) is 0 Å². The van der Waals surface area contributed by atoms with Crippen LogP contribution < -0.4 is 16.4 Å². The third-order valence-corrected chi connectivity index (χ3v) is 4.72. The zero-order chi connectivity index (χ0) is 19.1. The van der Waals surface area contributed by atoms with Gasteiger partial charge in [0.2, 0.25) is 5.95 Å². The van der Waals surface area contributed by atoms with Gasteiger partial charge in [0, 0.05) is 28.2 Å². The van der Waals surface area contributed by atoms with Gasteiger partial charge in [0.05, 0.1) is 18.4 Å². The molecule has 0 unspecified atom stereocenters. The summed E-state index contributed by atoms with van der Waals surface area (Å²) in [4.78, 5) is 18.8. The molecule has 0 saturated carbocycles. The van der Waals surface area contributed by atoms with Crippen molar-refractivity contribution in [3.05, 3.63) is 52.3 Å². The van der Waals surface area contributed by atoms with E-state index >= 15 is 0 Å². The van der Waals surface area contributed by atoms with Gasteiger partial charge in [-0.2, -0.15) is 9.97 Å². The quantitative estimate of drug-likeness (QED) is 0.540. The van der Waals surface area contributed by atoms with E-state index in [-0.39, 0.29) is 11.8 Å². The van der Waals surface area contributed by atoms with Gasteiger partial charge in [-0.3, -0.25) is 0 Å². The lowest BCUT2D eigenvalue weighted by Crippen LogP contribution is -2.17. The molecular formula is C18H15Cl2N7. The highest BCUT2D eigenvalue weighted by atomic mass is 35.5. The highest BCUT2D eigenvalue weighted by Gasteiger charge is 2.11. The van der Waals surface area contributed by atoms with Crippen LogP contribution in [0.25, 0.3) is 21.9 Å². The molecule has 2 aromatic heterocycles. The third-order valence-electron chi connectivity index (χ3n) is 4.19. The van der Waals surface area contributed by atoms with E-state index in [9.17, 15) is 0 Å². The average molecular weight is 400 g/mol. The fourth-order valence-electron chi connectivity index (χ4n) is 2.91. The SMILES string of the molecule is CN(Cc1cnc2nc(N)nc(N)c2n1)c1ccc2c(Cl)cc(Cl)cc2c1. The fourth-order valence-corrected chi connectivity index (χ4v) is 3.48. The Morgan fingerprint density at radius 3 is 2.67 bits per heavy atom. The van der Waals surface area contributed by atoms with Crippen molar-refractivity contribution in [2.45, 2.75) is 6.54 Å². The average Bonchev–Trinajstić information content (AvgIpc) is 2.61. The predicted molar refractivity (Wildman–Crippen MR) is 110 cm³/mol. The van der Waals surface area contributed by atoms with E-state index in [0.29, 0.717) is 27.8 Å². The van der Waals surface area contributed by atoms with Crippen molar-refractivity contribution in [2.24, 2.45) is 0 Å². The Balaban J connectivity index is 1.66. The molecule has 2 aromatic carbocycles. The van der Waals surface area contributed by atoms with Crippen LogP contribution in [0.4, 0.5) is 17.5 Å². The van der Waals surface area contributed by atoms with Gasteiger partial charge in [0.25, 0.3) is 0 Å². The van der Waals surface area contributed by atoms with E-state index < -0.39 is 0 Å². The number of hydrogen-bond acceptors (Lipinski definition) is 7. The summed E-state index contributed by atoms with van der Waals surface area (Å²) in [5.41, 5.74) is 14.0. The summed E-state index contributed by atoms with van der Waals surface area (Å²) in [5.74, 6) is 0.289. The maximum absolute atomic E-state index is 6.26. The highest BCUT2D eigenvalue weighted by molar-refractivity contribution is 6.38. The van der Waals surface area contributed by atoms with E-state index in [4.69, 9.17) is 34.7 Å². The molecule has 4 aromatic rings. The van der Waals surface area contributed by atoms with Crippen molar-refractivity contribution in [1.82, 2.24) is 19.9 Å². The molecule has 4 N–H and O–H groups in total. The van der Waals surface area contributed by atoms with E-state index in [0.717, 1.165) is 22.2 Å². The van der Waals surface area contributed by atoms with E-state index in [1.165, 1.54) is 0 Å². The Morgan fingerprint density at radius 2 is 1.85 bits per heavy atom. The molecule has 0 bridgehead atoms. The van der Waals surface area contributed by atoms with E-state index in [1.807, 2.05) is 36.2 Å². The van der Waals surface area contributed by atoms with Crippen LogP contribution in [0.5, 0.6) is 0 Å². The van der Waals surface area contributed by atoms with Crippen molar-refractivity contribution in [3.8, 4) is 0 Å². The smallest absolute Gasteiger partial charge is 0.224 e. The molecule has 0 aliphatic carbocycles. The van der Waals surface area contributed by atoms with Crippen molar-refractivity contribution in [2.75, 3.05) is 23.4 Å². The van der Waals surface area contributed by atoms with Gasteiger partial charge in [-0.05, 0) is 29.7 Å². The first kappa shape index (κ1) is 17.5. The highest BCUT2D eigenvalue weighted by Crippen LogP contribution is 2.31. The van der Waals surface area contributed by atoms with Crippen molar-refractivity contribution >= 4 is 62.6 Å². The first-order valence-corrected chi connectivity index (χ1v) is 8.81. The molecule has 27 heavy (non-hydrogen) atoms. The molecule has 0 radical (unpaired) electrons. The summed E-state index contributed by atoms with van der Waals surface area (Å²) in [6.07, 6.45) is 1.65. The van der Waals surface area contributed by atoms with Crippen LogP contribution >= 0.6 is 23.2 Å². The lowest BCUT2D eigenvalue weighted by molar-refractivity contribution is 0.883. The second-order valence-electron chi connectivity index (χ2n) is 6.15. The zero-order valence-electron chi connectivity index (χ0n) is 14.3. The number of aromatic nitrogens is 4. The maximum Gasteiger partial charge on any atom is 0.224 e. The molecular weight excluding hydrogens is 385 g/mol. The molecule has 0 atom stereocenters. The Hall–Kier alpha value is -2.90. The van der Waals surface area contributed by atoms with Crippen LogP contribution in [0.2, 0.25) is 10.0 Å². The molecule has 0 spiro atoms. The van der Waals surface area contributed by atoms with Crippen molar-refractivity contribution < 1.29 is 0 Å². The minimum absolute atomic E-state index is 0.0765. The molecule has 2 heterocycles. The largest absolute Gasteiger partial charge is 0.382 e. The van der Waals surface area contributed by atoms with Crippen LogP contribution in [0, 0.1) is 0 Å². The van der Waals surface area contributed by atoms with Gasteiger partial charge in [-0.15, -0.1) is 0 Å². The summed E-state index contributed by atoms with van der Waals surface area (Å²) < 4.78 is 0. The Kier molecular flexibility index (Phi) is 4.33. The minimum atomic E-state index is 0.0765. The van der Waals surface area contributed by atoms with E-state index in [2.05, 4.69) is 19.9 Å². The Bertz CT molecular complexity index is 1180. The van der Waals surface area contributed by atoms with Crippen molar-refractivity contribution in [1.29, 1.82) is 0 Å². The molecule has 7 nitrogen and oxygen atoms in total. The maximum atomic E-state index is 6.26. The number of rotatable bonds is 3. The molecule has 9 heteroatoms. The summed E-state index contributed by atoms with van der Waals surface area (Å²) in [6.45, 7) is 0.520. The van der Waals surface area contributed by atoms with Gasteiger partial charge >= 0.3 is 0 Å². The van der Waals surface area contributed by atoms with Crippen LogP contribution in [0.1, 0.15) is 5.69 Å². The van der Waals surface area contributed by atoms with Gasteiger partial charge in [0.15, 0.2) is 17.0 Å². The normalized spacial score (nSPS) is 11.2. The minimum Gasteiger partial charge on any atom is -0.382 e. The lowest BCUT2D eigenvalue weighted by Gasteiger charge is -2.19. The number of nitrogens with two attached hydrogens (primary N) is 2. The number of halogens is 2. The third kappa shape index (κ3) is 3.39. The monoisotopic (exact) mass is 399 g/mol. The zero-order valence-corrected chi connectivity index (χ0v) is 15.8. The first-order chi connectivity index (χ1) is 12.9. The number of nitrogens with zero attached hydrogens (tertiary/aromatic N) is 5. The number of nitrogen functional groups attached to an aromatic ring is 2. The lowest BCUT2D eigenvalue weighted by atomic mass is 10.1. The van der Waals surface area contributed by atoms with Gasteiger partial charge in [-0.1, -0.05) is 29.3 Å². The van der Waals surface area contributed by atoms with Crippen LogP contribution in [0.15, 0.2) is 36.5 Å². The number of anilines is 3. The van der Waals surface area contributed by atoms with Gasteiger partial charge < -0.3 is 16.4 Å². The predicted octanol–water partition coefficient (Wildman–Crippen LogP) is 3.68. The molecule has 0 saturated heterocycles. The molecule has 0 aliphatic heterocycles. The topological polar surface area (TPSA) is 107 Å². The second kappa shape index (κ2) is 6.68. The van der Waals surface area contributed by atoms with Crippen LogP contribution in [-0.4, -0.2) is 27.0 Å². The Labute approximate surface area is 165 Å². The summed E-state index contributed by atoms with van der Waals surface area (Å²) in [5, 5.41) is 3.14. The van der Waals surface area contributed by atoms with Crippen LogP contribution in [-0.2, 0) is 6.54 Å². The molecule has 0 fully saturated rings. The summed E-state index contributed by atoms with van der Waals surface area (Å²) in [7, 11) is 1.96. The van der Waals surface area contributed by atoms with Crippen molar-refractivity contribution in [3.63, 3.8) is 0 Å². The Morgan fingerprint density at radius 1 is 1.04 bits per heavy atom. The molecule has 4 rings (SSSR count). The standard InChI is InChI=1S/C18H15Cl2N7/c1-27(12-2-3-13-9(5-12)4-10(19)6-14(13)20)8-11-7-23-17-15(24-11)16(21)25-18(22)26-17/h2-7H,8H2,1H3,(H4,21,22,23,25,26).